The molecule has 2 aromatic carbocycles. The number of hydrogen-bond donors (Lipinski definition) is 2. The largest absolute Gasteiger partial charge is 0.498 e. The monoisotopic (exact) mass is 678 g/mol. The van der Waals surface area contributed by atoms with Crippen LogP contribution < -0.4 is 31.4 Å². The minimum absolute atomic E-state index is 0. The van der Waals surface area contributed by atoms with Gasteiger partial charge < -0.3 is 43.9 Å². The van der Waals surface area contributed by atoms with Gasteiger partial charge in [0.1, 0.15) is 30.3 Å². The van der Waals surface area contributed by atoms with Crippen LogP contribution in [0, 0.1) is 0 Å². The van der Waals surface area contributed by atoms with Gasteiger partial charge in [0.2, 0.25) is 0 Å². The van der Waals surface area contributed by atoms with E-state index in [2.05, 4.69) is 5.32 Å². The Morgan fingerprint density at radius 3 is 1.81 bits per heavy atom. The molecule has 10 nitrogen and oxygen atoms in total. The van der Waals surface area contributed by atoms with Gasteiger partial charge in [-0.3, -0.25) is 0 Å². The van der Waals surface area contributed by atoms with E-state index >= 15 is 0 Å². The maximum atomic E-state index is 11.9. The Balaban J connectivity index is 0.000000236. The number of benzene rings is 2. The van der Waals surface area contributed by atoms with Crippen molar-refractivity contribution in [1.82, 2.24) is 5.32 Å². The van der Waals surface area contributed by atoms with Crippen molar-refractivity contribution in [2.45, 2.75) is 64.6 Å². The first-order chi connectivity index (χ1) is 19.4. The number of amides is 1. The van der Waals surface area contributed by atoms with Gasteiger partial charge in [0.05, 0.1) is 24.4 Å². The molecule has 4 aliphatic rings. The van der Waals surface area contributed by atoms with Gasteiger partial charge in [-0.15, -0.1) is 24.8 Å². The van der Waals surface area contributed by atoms with Crippen molar-refractivity contribution in [3.8, 4) is 11.5 Å². The third-order valence-electron chi connectivity index (χ3n) is 6.78. The first kappa shape index (κ1) is 35.9. The molecule has 0 saturated carbocycles. The fourth-order valence-corrected chi connectivity index (χ4v) is 5.64. The van der Waals surface area contributed by atoms with E-state index < -0.39 is 32.0 Å². The fraction of sp³-hybridized carbons (Fsp3) is 0.519. The molecule has 236 valence electrons. The van der Waals surface area contributed by atoms with Gasteiger partial charge in [0.15, 0.2) is 0 Å². The van der Waals surface area contributed by atoms with Crippen molar-refractivity contribution in [1.29, 1.82) is 0 Å². The lowest BCUT2D eigenvalue weighted by atomic mass is 9.77. The molecule has 0 spiro atoms. The topological polar surface area (TPSA) is 120 Å². The lowest BCUT2D eigenvalue weighted by molar-refractivity contribution is 0.0485. The maximum Gasteiger partial charge on any atom is 0.498 e. The molecular formula is C27H36B2Cl4N2O8. The smallest absolute Gasteiger partial charge is 0.491 e. The highest BCUT2D eigenvalue weighted by atomic mass is 35.5. The van der Waals surface area contributed by atoms with Gasteiger partial charge >= 0.3 is 20.3 Å². The van der Waals surface area contributed by atoms with Crippen LogP contribution in [0.5, 0.6) is 11.5 Å². The Kier molecular flexibility index (Phi) is 12.2. The summed E-state index contributed by atoms with van der Waals surface area (Å²) in [6.07, 6.45) is -1.25. The first-order valence-electron chi connectivity index (χ1n) is 13.6. The zero-order valence-electron chi connectivity index (χ0n) is 24.5. The molecule has 4 aliphatic heterocycles. The molecule has 0 aromatic heterocycles. The van der Waals surface area contributed by atoms with Crippen molar-refractivity contribution < 1.29 is 37.6 Å². The summed E-state index contributed by atoms with van der Waals surface area (Å²) in [5, 5.41) is 3.94. The fourth-order valence-electron chi connectivity index (χ4n) is 5.07. The van der Waals surface area contributed by atoms with Crippen LogP contribution in [0.4, 0.5) is 4.79 Å². The van der Waals surface area contributed by atoms with Crippen molar-refractivity contribution in [3.05, 3.63) is 45.4 Å². The number of hydrogen-bond acceptors (Lipinski definition) is 9. The molecule has 3 N–H and O–H groups in total. The predicted octanol–water partition coefficient (Wildman–Crippen LogP) is 4.14. The van der Waals surface area contributed by atoms with Crippen LogP contribution in [0.15, 0.2) is 24.3 Å². The van der Waals surface area contributed by atoms with Crippen LogP contribution in [-0.2, 0) is 23.4 Å². The zero-order valence-corrected chi connectivity index (χ0v) is 27.7. The quantitative estimate of drug-likeness (QED) is 0.462. The van der Waals surface area contributed by atoms with Crippen LogP contribution in [0.2, 0.25) is 10.0 Å². The number of alkyl carbamates (subject to hydrolysis) is 1. The van der Waals surface area contributed by atoms with Crippen LogP contribution >= 0.6 is 48.0 Å². The average molecular weight is 680 g/mol. The number of nitrogens with one attached hydrogen (secondary N) is 1. The Bertz CT molecular complexity index is 1300. The molecule has 0 aliphatic carbocycles. The second-order valence-corrected chi connectivity index (χ2v) is 12.1. The maximum absolute atomic E-state index is 11.9. The Labute approximate surface area is 274 Å². The summed E-state index contributed by atoms with van der Waals surface area (Å²) in [5.74, 6) is 1.50. The minimum Gasteiger partial charge on any atom is -0.491 e. The number of carbonyl (C=O) groups excluding carboxylic acids is 1. The molecule has 4 unspecified atom stereocenters. The van der Waals surface area contributed by atoms with E-state index in [1.54, 1.807) is 6.07 Å². The minimum atomic E-state index is -0.556. The second-order valence-electron chi connectivity index (χ2n) is 11.3. The highest BCUT2D eigenvalue weighted by Gasteiger charge is 2.45. The van der Waals surface area contributed by atoms with Gasteiger partial charge in [-0.1, -0.05) is 23.2 Å². The molecular weight excluding hydrogens is 644 g/mol. The summed E-state index contributed by atoms with van der Waals surface area (Å²) < 4.78 is 40.1. The van der Waals surface area contributed by atoms with Crippen molar-refractivity contribution in [3.63, 3.8) is 0 Å². The molecule has 1 amide bonds. The van der Waals surface area contributed by atoms with Gasteiger partial charge in [-0.25, -0.2) is 4.79 Å². The molecule has 4 heterocycles. The van der Waals surface area contributed by atoms with Crippen LogP contribution in [0.1, 0.15) is 58.0 Å². The molecule has 6 rings (SSSR count). The molecule has 0 saturated heterocycles. The number of ether oxygens (including phenoxy) is 3. The van der Waals surface area contributed by atoms with Gasteiger partial charge in [-0.05, 0) is 58.9 Å². The average Bonchev–Trinajstić information content (AvgIpc) is 3.35. The van der Waals surface area contributed by atoms with Gasteiger partial charge in [-0.2, -0.15) is 0 Å². The normalized spacial score (nSPS) is 23.0. The summed E-state index contributed by atoms with van der Waals surface area (Å²) in [6, 6.07) is 7.28. The lowest BCUT2D eigenvalue weighted by Gasteiger charge is -2.21. The Hall–Kier alpha value is -1.60. The number of halogens is 4. The molecule has 43 heavy (non-hydrogen) atoms. The first-order valence-corrected chi connectivity index (χ1v) is 14.4. The van der Waals surface area contributed by atoms with E-state index in [9.17, 15) is 4.79 Å². The number of nitrogens with two attached hydrogens (primary N) is 1. The van der Waals surface area contributed by atoms with Gasteiger partial charge in [0.25, 0.3) is 0 Å². The van der Waals surface area contributed by atoms with Crippen LogP contribution in [0.25, 0.3) is 0 Å². The number of carbonyl (C=O) groups is 1. The van der Waals surface area contributed by atoms with E-state index in [0.717, 1.165) is 27.8 Å². The van der Waals surface area contributed by atoms with Gasteiger partial charge in [0, 0.05) is 45.2 Å². The highest BCUT2D eigenvalue weighted by Crippen LogP contribution is 2.36. The predicted molar refractivity (Wildman–Crippen MR) is 171 cm³/mol. The van der Waals surface area contributed by atoms with E-state index in [4.69, 9.17) is 61.8 Å². The van der Waals surface area contributed by atoms with Crippen molar-refractivity contribution in [2.75, 3.05) is 26.3 Å². The Morgan fingerprint density at radius 2 is 1.35 bits per heavy atom. The molecule has 0 fully saturated rings. The highest BCUT2D eigenvalue weighted by molar-refractivity contribution is 6.65. The lowest BCUT2D eigenvalue weighted by Crippen LogP contribution is -2.36. The summed E-state index contributed by atoms with van der Waals surface area (Å²) in [6.45, 7) is 10.9. The third-order valence-corrected chi connectivity index (χ3v) is 7.44. The molecule has 16 heteroatoms. The zero-order chi connectivity index (χ0) is 29.5. The van der Waals surface area contributed by atoms with Crippen LogP contribution in [-0.4, -0.2) is 64.4 Å². The van der Waals surface area contributed by atoms with Crippen molar-refractivity contribution in [2.24, 2.45) is 5.73 Å². The molecule has 4 atom stereocenters. The van der Waals surface area contributed by atoms with Crippen molar-refractivity contribution >= 4 is 79.3 Å². The van der Waals surface area contributed by atoms with E-state index in [1.165, 1.54) is 0 Å². The van der Waals surface area contributed by atoms with E-state index in [1.807, 2.05) is 52.8 Å². The third kappa shape index (κ3) is 7.98. The summed E-state index contributed by atoms with van der Waals surface area (Å²) in [4.78, 5) is 11.9. The van der Waals surface area contributed by atoms with Crippen LogP contribution in [0.3, 0.4) is 0 Å². The molecule has 2 aromatic rings. The Morgan fingerprint density at radius 1 is 0.884 bits per heavy atom. The SMILES string of the molecule is CC1COc2ccc(Cl)c3c2B(O1)OC3CN.CC1COc2ccc(Cl)c3c2B(O1)OC3CNC(=O)OC(C)(C)C.Cl.Cl. The molecule has 0 radical (unpaired) electrons. The van der Waals surface area contributed by atoms with E-state index in [-0.39, 0.29) is 49.7 Å². The number of rotatable bonds is 3. The molecule has 0 bridgehead atoms. The second kappa shape index (κ2) is 14.7. The summed E-state index contributed by atoms with van der Waals surface area (Å²) in [5.41, 5.74) is 8.55. The summed E-state index contributed by atoms with van der Waals surface area (Å²) >= 11 is 12.6. The summed E-state index contributed by atoms with van der Waals surface area (Å²) in [7, 11) is -0.957. The van der Waals surface area contributed by atoms with E-state index in [0.29, 0.717) is 35.6 Å². The standard InChI is InChI=1S/C16H21BClNO5.C11H13BClNO3.2ClH/c1-9-8-21-11-6-5-10(18)13-12(24-17(23-9)14(11)13)7-19-15(20)22-16(2,3)4;1-6-5-15-8-3-2-7(13)10-9(4-14)17-12(16-6)11(8)10;;/h5-6,9,12H,7-8H2,1-4H3,(H,19,20);2-3,6,9H,4-5,14H2,1H3;2*1H.